The summed E-state index contributed by atoms with van der Waals surface area (Å²) in [5, 5.41) is 13.2. The van der Waals surface area contributed by atoms with Crippen LogP contribution in [0.2, 0.25) is 0 Å². The van der Waals surface area contributed by atoms with Crippen molar-refractivity contribution >= 4 is 10.9 Å². The maximum atomic E-state index is 15.1. The van der Waals surface area contributed by atoms with Crippen molar-refractivity contribution in [2.45, 2.75) is 33.2 Å². The highest BCUT2D eigenvalue weighted by Crippen LogP contribution is 2.31. The van der Waals surface area contributed by atoms with Crippen LogP contribution in [0.4, 0.5) is 8.78 Å². The second-order valence-electron chi connectivity index (χ2n) is 9.37. The molecule has 3 aromatic heterocycles. The van der Waals surface area contributed by atoms with Crippen LogP contribution in [0.1, 0.15) is 35.3 Å². The zero-order chi connectivity index (χ0) is 25.3. The fourth-order valence-corrected chi connectivity index (χ4v) is 5.13. The lowest BCUT2D eigenvalue weighted by Gasteiger charge is -2.21. The Morgan fingerprint density at radius 3 is 2.53 bits per heavy atom. The van der Waals surface area contributed by atoms with Crippen LogP contribution in [0.25, 0.3) is 28.1 Å². The first-order chi connectivity index (χ1) is 17.2. The molecule has 5 aromatic rings. The molecule has 0 saturated heterocycles. The Kier molecular flexibility index (Phi) is 4.97. The van der Waals surface area contributed by atoms with Gasteiger partial charge in [0.15, 0.2) is 0 Å². The van der Waals surface area contributed by atoms with Gasteiger partial charge in [0, 0.05) is 55.5 Å². The average Bonchev–Trinajstić information content (AvgIpc) is 3.52. The Morgan fingerprint density at radius 1 is 1.06 bits per heavy atom. The smallest absolute Gasteiger partial charge is 0.310 e. The molecule has 0 radical (unpaired) electrons. The zero-order valence-corrected chi connectivity index (χ0v) is 20.4. The summed E-state index contributed by atoms with van der Waals surface area (Å²) in [6.45, 7) is 6.20. The Balaban J connectivity index is 1.59. The summed E-state index contributed by atoms with van der Waals surface area (Å²) >= 11 is 0. The molecular formula is C26H25F2N7O. The molecule has 0 fully saturated rings. The van der Waals surface area contributed by atoms with Crippen LogP contribution < -0.4 is 11.0 Å². The van der Waals surface area contributed by atoms with Gasteiger partial charge >= 0.3 is 5.69 Å². The molecule has 8 nitrogen and oxygen atoms in total. The number of fused-ring (bicyclic) bond motifs is 2. The van der Waals surface area contributed by atoms with E-state index in [9.17, 15) is 9.18 Å². The van der Waals surface area contributed by atoms with E-state index >= 15 is 4.39 Å². The molecule has 0 aliphatic carbocycles. The summed E-state index contributed by atoms with van der Waals surface area (Å²) in [4.78, 5) is 13.7. The number of imidazole rings is 1. The monoisotopic (exact) mass is 489 g/mol. The highest BCUT2D eigenvalue weighted by molar-refractivity contribution is 5.81. The Hall–Kier alpha value is -4.05. The van der Waals surface area contributed by atoms with E-state index in [-0.39, 0.29) is 17.5 Å². The van der Waals surface area contributed by atoms with Crippen molar-refractivity contribution in [3.05, 3.63) is 87.4 Å². The molecule has 0 saturated carbocycles. The predicted octanol–water partition coefficient (Wildman–Crippen LogP) is 3.80. The lowest BCUT2D eigenvalue weighted by molar-refractivity contribution is 0.536. The molecular weight excluding hydrogens is 464 g/mol. The maximum Gasteiger partial charge on any atom is 0.338 e. The number of rotatable bonds is 3. The molecule has 0 unspecified atom stereocenters. The number of aromatic nitrogens is 6. The van der Waals surface area contributed by atoms with Gasteiger partial charge in [0.25, 0.3) is 0 Å². The van der Waals surface area contributed by atoms with Gasteiger partial charge in [0.05, 0.1) is 28.8 Å². The third-order valence-electron chi connectivity index (χ3n) is 6.96. The van der Waals surface area contributed by atoms with Gasteiger partial charge in [0.1, 0.15) is 17.5 Å². The Morgan fingerprint density at radius 2 is 1.78 bits per heavy atom. The number of nitrogens with zero attached hydrogens (tertiary/aromatic N) is 6. The minimum Gasteiger partial charge on any atom is -0.310 e. The highest BCUT2D eigenvalue weighted by atomic mass is 19.1. The third kappa shape index (κ3) is 3.25. The molecule has 10 heteroatoms. The van der Waals surface area contributed by atoms with Crippen LogP contribution in [0.3, 0.4) is 0 Å². The average molecular weight is 490 g/mol. The second-order valence-corrected chi connectivity index (χ2v) is 9.37. The van der Waals surface area contributed by atoms with Gasteiger partial charge in [-0.25, -0.2) is 18.3 Å². The summed E-state index contributed by atoms with van der Waals surface area (Å²) in [6.07, 6.45) is 5.50. The highest BCUT2D eigenvalue weighted by Gasteiger charge is 2.29. The van der Waals surface area contributed by atoms with E-state index in [4.69, 9.17) is 5.10 Å². The summed E-state index contributed by atoms with van der Waals surface area (Å²) in [6, 6.07) is 6.39. The van der Waals surface area contributed by atoms with Gasteiger partial charge in [-0.2, -0.15) is 10.2 Å². The van der Waals surface area contributed by atoms with Gasteiger partial charge in [0.2, 0.25) is 0 Å². The van der Waals surface area contributed by atoms with Gasteiger partial charge in [-0.15, -0.1) is 0 Å². The molecule has 2 aromatic carbocycles. The quantitative estimate of drug-likeness (QED) is 0.418. The van der Waals surface area contributed by atoms with Gasteiger partial charge < -0.3 is 5.32 Å². The van der Waals surface area contributed by atoms with E-state index in [1.807, 2.05) is 6.92 Å². The van der Waals surface area contributed by atoms with Crippen molar-refractivity contribution < 1.29 is 8.78 Å². The van der Waals surface area contributed by atoms with E-state index < -0.39 is 11.5 Å². The van der Waals surface area contributed by atoms with E-state index in [1.54, 1.807) is 67.0 Å². The number of hydrogen-bond acceptors (Lipinski definition) is 4. The molecule has 184 valence electrons. The number of halogens is 2. The molecule has 6 rings (SSSR count). The minimum absolute atomic E-state index is 0.0566. The second kappa shape index (κ2) is 7.99. The third-order valence-corrected chi connectivity index (χ3v) is 6.96. The largest absolute Gasteiger partial charge is 0.338 e. The molecule has 1 aliphatic heterocycles. The van der Waals surface area contributed by atoms with Crippen molar-refractivity contribution in [2.24, 2.45) is 7.05 Å². The number of aryl methyl sites for hydroxylation is 3. The zero-order valence-electron chi connectivity index (χ0n) is 20.4. The van der Waals surface area contributed by atoms with Crippen molar-refractivity contribution in [3.63, 3.8) is 0 Å². The Labute approximate surface area is 205 Å². The van der Waals surface area contributed by atoms with Gasteiger partial charge in [-0.05, 0) is 50.1 Å². The molecule has 1 N–H and O–H groups in total. The summed E-state index contributed by atoms with van der Waals surface area (Å²) in [5.74, 6) is -0.236. The fraction of sp³-hybridized carbons (Fsp3) is 0.269. The first-order valence-electron chi connectivity index (χ1n) is 11.8. The van der Waals surface area contributed by atoms with E-state index in [0.717, 1.165) is 23.2 Å². The van der Waals surface area contributed by atoms with Crippen LogP contribution in [0.15, 0.2) is 47.7 Å². The van der Waals surface area contributed by atoms with E-state index in [1.165, 1.54) is 15.2 Å². The number of benzene rings is 2. The van der Waals surface area contributed by atoms with Crippen molar-refractivity contribution in [3.8, 4) is 17.2 Å². The Bertz CT molecular complexity index is 1700. The molecule has 0 amide bonds. The van der Waals surface area contributed by atoms with Crippen LogP contribution >= 0.6 is 0 Å². The van der Waals surface area contributed by atoms with Crippen molar-refractivity contribution in [1.29, 1.82) is 0 Å². The summed E-state index contributed by atoms with van der Waals surface area (Å²) in [5.41, 5.74) is 3.75. The normalized spacial score (nSPS) is 15.6. The molecule has 1 atom stereocenters. The molecule has 1 aliphatic rings. The minimum atomic E-state index is -0.527. The maximum absolute atomic E-state index is 15.1. The molecule has 36 heavy (non-hydrogen) atoms. The first kappa shape index (κ1) is 22.4. The topological polar surface area (TPSA) is 74.6 Å². The van der Waals surface area contributed by atoms with Crippen molar-refractivity contribution in [1.82, 2.24) is 34.0 Å². The SMILES string of the molecule is Cc1cc(-n2nc3c(c2-n2ccn(-c4cc5cnn(C)c5cc4F)c2=O)[C@H](C)NCC3)cc(C)c1F. The molecule has 4 heterocycles. The van der Waals surface area contributed by atoms with Gasteiger partial charge in [-0.1, -0.05) is 0 Å². The molecule has 0 bridgehead atoms. The lowest BCUT2D eigenvalue weighted by Crippen LogP contribution is -2.30. The van der Waals surface area contributed by atoms with Crippen LogP contribution in [-0.2, 0) is 13.5 Å². The van der Waals surface area contributed by atoms with Crippen LogP contribution in [-0.4, -0.2) is 35.2 Å². The first-order valence-corrected chi connectivity index (χ1v) is 11.8. The van der Waals surface area contributed by atoms with E-state index in [0.29, 0.717) is 34.6 Å². The van der Waals surface area contributed by atoms with Crippen LogP contribution in [0, 0.1) is 25.5 Å². The number of nitrogens with one attached hydrogen (secondary N) is 1. The van der Waals surface area contributed by atoms with Crippen molar-refractivity contribution in [2.75, 3.05) is 6.54 Å². The van der Waals surface area contributed by atoms with Crippen LogP contribution in [0.5, 0.6) is 0 Å². The summed E-state index contributed by atoms with van der Waals surface area (Å²) < 4.78 is 35.6. The summed E-state index contributed by atoms with van der Waals surface area (Å²) in [7, 11) is 1.74. The predicted molar refractivity (Wildman–Crippen MR) is 132 cm³/mol. The fourth-order valence-electron chi connectivity index (χ4n) is 5.13. The lowest BCUT2D eigenvalue weighted by atomic mass is 10.0. The van der Waals surface area contributed by atoms with E-state index in [2.05, 4.69) is 10.4 Å². The standard InChI is InChI=1S/C26H25F2N7O/c1-14-9-18(10-15(2)24(14)28)35-25(23-16(3)29-6-5-20(23)31-35)34-8-7-33(26(34)36)22-11-17-13-30-32(4)21(17)12-19(22)27/h7-13,16,29H,5-6H2,1-4H3/t16-/m0/s1. The molecule has 0 spiro atoms. The van der Waals surface area contributed by atoms with Gasteiger partial charge in [-0.3, -0.25) is 13.8 Å². The number of hydrogen-bond donors (Lipinski definition) is 1.